The molecule has 1 atom stereocenters. The molecule has 1 amide bonds. The van der Waals surface area contributed by atoms with Crippen LogP contribution in [0.25, 0.3) is 0 Å². The summed E-state index contributed by atoms with van der Waals surface area (Å²) < 4.78 is 0. The molecule has 0 saturated carbocycles. The normalized spacial score (nSPS) is 11.6. The van der Waals surface area contributed by atoms with E-state index in [0.717, 1.165) is 5.56 Å². The van der Waals surface area contributed by atoms with Crippen LogP contribution in [0.1, 0.15) is 15.9 Å². The summed E-state index contributed by atoms with van der Waals surface area (Å²) in [5, 5.41) is 11.8. The highest BCUT2D eigenvalue weighted by Gasteiger charge is 2.21. The molecule has 0 bridgehead atoms. The van der Waals surface area contributed by atoms with E-state index >= 15 is 0 Å². The number of rotatable bonds is 5. The van der Waals surface area contributed by atoms with E-state index in [9.17, 15) is 14.7 Å². The Balaban J connectivity index is 2.12. The lowest BCUT2D eigenvalue weighted by atomic mass is 10.1. The van der Waals surface area contributed by atoms with Gasteiger partial charge in [0.25, 0.3) is 5.91 Å². The summed E-state index contributed by atoms with van der Waals surface area (Å²) in [4.78, 5) is 23.4. The number of anilines is 1. The van der Waals surface area contributed by atoms with Gasteiger partial charge in [0.15, 0.2) is 0 Å². The van der Waals surface area contributed by atoms with Gasteiger partial charge in [-0.15, -0.1) is 0 Å². The molecule has 0 aliphatic heterocycles. The summed E-state index contributed by atoms with van der Waals surface area (Å²) in [6, 6.07) is 14.7. The van der Waals surface area contributed by atoms with Crippen molar-refractivity contribution in [3.8, 4) is 0 Å². The molecule has 2 aromatic rings. The van der Waals surface area contributed by atoms with Crippen LogP contribution in [0.2, 0.25) is 0 Å². The van der Waals surface area contributed by atoms with Gasteiger partial charge >= 0.3 is 5.97 Å². The maximum atomic E-state index is 12.1. The van der Waals surface area contributed by atoms with Crippen molar-refractivity contribution < 1.29 is 14.7 Å². The van der Waals surface area contributed by atoms with E-state index in [1.165, 1.54) is 0 Å². The highest BCUT2D eigenvalue weighted by atomic mass is 16.4. The van der Waals surface area contributed by atoms with E-state index in [2.05, 4.69) is 5.32 Å². The SMILES string of the molecule is Nc1ccccc1C(=O)N[C@@H](Cc1ccccc1)C(=O)O. The molecule has 0 radical (unpaired) electrons. The Labute approximate surface area is 122 Å². The van der Waals surface area contributed by atoms with Crippen LogP contribution in [-0.2, 0) is 11.2 Å². The van der Waals surface area contributed by atoms with Gasteiger partial charge in [-0.2, -0.15) is 0 Å². The number of aliphatic carboxylic acids is 1. The van der Waals surface area contributed by atoms with Crippen molar-refractivity contribution in [1.82, 2.24) is 5.32 Å². The first-order chi connectivity index (χ1) is 10.1. The third kappa shape index (κ3) is 3.82. The number of nitrogens with two attached hydrogens (primary N) is 1. The zero-order valence-corrected chi connectivity index (χ0v) is 11.3. The number of amides is 1. The fourth-order valence-electron chi connectivity index (χ4n) is 1.99. The minimum Gasteiger partial charge on any atom is -0.480 e. The number of carboxylic acid groups (broad SMARTS) is 1. The molecule has 0 aliphatic carbocycles. The minimum atomic E-state index is -1.08. The molecule has 108 valence electrons. The first-order valence-corrected chi connectivity index (χ1v) is 6.50. The van der Waals surface area contributed by atoms with Crippen LogP contribution in [0.15, 0.2) is 54.6 Å². The maximum Gasteiger partial charge on any atom is 0.326 e. The third-order valence-electron chi connectivity index (χ3n) is 3.09. The number of hydrogen-bond donors (Lipinski definition) is 3. The summed E-state index contributed by atoms with van der Waals surface area (Å²) >= 11 is 0. The summed E-state index contributed by atoms with van der Waals surface area (Å²) in [5.74, 6) is -1.57. The van der Waals surface area contributed by atoms with Gasteiger partial charge in [-0.3, -0.25) is 4.79 Å². The van der Waals surface area contributed by atoms with Crippen LogP contribution >= 0.6 is 0 Å². The smallest absolute Gasteiger partial charge is 0.326 e. The van der Waals surface area contributed by atoms with Gasteiger partial charge in [-0.25, -0.2) is 4.79 Å². The molecule has 5 heteroatoms. The van der Waals surface area contributed by atoms with Crippen LogP contribution in [0.5, 0.6) is 0 Å². The second kappa shape index (κ2) is 6.56. The number of carbonyl (C=O) groups excluding carboxylic acids is 1. The van der Waals surface area contributed by atoms with E-state index in [1.54, 1.807) is 24.3 Å². The summed E-state index contributed by atoms with van der Waals surface area (Å²) in [6.45, 7) is 0. The molecule has 0 aliphatic rings. The van der Waals surface area contributed by atoms with Crippen LogP contribution in [0.3, 0.4) is 0 Å². The van der Waals surface area contributed by atoms with Crippen LogP contribution < -0.4 is 11.1 Å². The quantitative estimate of drug-likeness (QED) is 0.728. The largest absolute Gasteiger partial charge is 0.480 e. The minimum absolute atomic E-state index is 0.217. The summed E-state index contributed by atoms with van der Waals surface area (Å²) in [6.07, 6.45) is 0.217. The molecule has 4 N–H and O–H groups in total. The first kappa shape index (κ1) is 14.6. The van der Waals surface area contributed by atoms with Crippen molar-refractivity contribution in [2.24, 2.45) is 0 Å². The lowest BCUT2D eigenvalue weighted by Crippen LogP contribution is -2.42. The number of carboxylic acids is 1. The Morgan fingerprint density at radius 3 is 2.29 bits per heavy atom. The zero-order valence-electron chi connectivity index (χ0n) is 11.3. The van der Waals surface area contributed by atoms with E-state index in [0.29, 0.717) is 5.69 Å². The molecule has 0 heterocycles. The van der Waals surface area contributed by atoms with Crippen LogP contribution in [-0.4, -0.2) is 23.0 Å². The lowest BCUT2D eigenvalue weighted by Gasteiger charge is -2.15. The van der Waals surface area contributed by atoms with E-state index in [4.69, 9.17) is 5.73 Å². The second-order valence-electron chi connectivity index (χ2n) is 4.64. The average Bonchev–Trinajstić information content (AvgIpc) is 2.48. The summed E-state index contributed by atoms with van der Waals surface area (Å²) in [7, 11) is 0. The Kier molecular flexibility index (Phi) is 4.56. The lowest BCUT2D eigenvalue weighted by molar-refractivity contribution is -0.139. The number of nitrogens with one attached hydrogen (secondary N) is 1. The van der Waals surface area contributed by atoms with E-state index in [1.807, 2.05) is 30.3 Å². The number of benzene rings is 2. The fraction of sp³-hybridized carbons (Fsp3) is 0.125. The Bertz CT molecular complexity index is 641. The molecule has 2 rings (SSSR count). The third-order valence-corrected chi connectivity index (χ3v) is 3.09. The molecule has 2 aromatic carbocycles. The topological polar surface area (TPSA) is 92.4 Å². The predicted octanol–water partition coefficient (Wildman–Crippen LogP) is 1.69. The summed E-state index contributed by atoms with van der Waals surface area (Å²) in [5.41, 5.74) is 7.15. The Hall–Kier alpha value is -2.82. The van der Waals surface area contributed by atoms with E-state index in [-0.39, 0.29) is 12.0 Å². The number of hydrogen-bond acceptors (Lipinski definition) is 3. The first-order valence-electron chi connectivity index (χ1n) is 6.50. The van der Waals surface area contributed by atoms with Crippen molar-refractivity contribution in [2.75, 3.05) is 5.73 Å². The van der Waals surface area contributed by atoms with Gasteiger partial charge in [-0.05, 0) is 17.7 Å². The fourth-order valence-corrected chi connectivity index (χ4v) is 1.99. The van der Waals surface area contributed by atoms with Gasteiger partial charge in [0.2, 0.25) is 0 Å². The van der Waals surface area contributed by atoms with Gasteiger partial charge in [-0.1, -0.05) is 42.5 Å². The Morgan fingerprint density at radius 2 is 1.67 bits per heavy atom. The van der Waals surface area contributed by atoms with Gasteiger partial charge in [0, 0.05) is 12.1 Å². The number of nitrogen functional groups attached to an aromatic ring is 1. The van der Waals surface area contributed by atoms with Crippen molar-refractivity contribution in [1.29, 1.82) is 0 Å². The van der Waals surface area contributed by atoms with Gasteiger partial charge in [0.1, 0.15) is 6.04 Å². The highest BCUT2D eigenvalue weighted by molar-refractivity contribution is 6.00. The Morgan fingerprint density at radius 1 is 1.05 bits per heavy atom. The molecule has 0 spiro atoms. The number of para-hydroxylation sites is 1. The van der Waals surface area contributed by atoms with Crippen molar-refractivity contribution >= 4 is 17.6 Å². The van der Waals surface area contributed by atoms with Crippen LogP contribution in [0.4, 0.5) is 5.69 Å². The second-order valence-corrected chi connectivity index (χ2v) is 4.64. The number of carbonyl (C=O) groups is 2. The van der Waals surface area contributed by atoms with Crippen LogP contribution in [0, 0.1) is 0 Å². The molecule has 0 fully saturated rings. The molecule has 0 saturated heterocycles. The van der Waals surface area contributed by atoms with E-state index < -0.39 is 17.9 Å². The van der Waals surface area contributed by atoms with Gasteiger partial charge in [0.05, 0.1) is 5.56 Å². The maximum absolute atomic E-state index is 12.1. The van der Waals surface area contributed by atoms with Gasteiger partial charge < -0.3 is 16.2 Å². The highest BCUT2D eigenvalue weighted by Crippen LogP contribution is 2.11. The standard InChI is InChI=1S/C16H16N2O3/c17-13-9-5-4-8-12(13)15(19)18-14(16(20)21)10-11-6-2-1-3-7-11/h1-9,14H,10,17H2,(H,18,19)(H,20,21)/t14-/m0/s1. The molecule has 21 heavy (non-hydrogen) atoms. The van der Waals surface area contributed by atoms with Crippen molar-refractivity contribution in [3.05, 3.63) is 65.7 Å². The predicted molar refractivity (Wildman–Crippen MR) is 79.9 cm³/mol. The van der Waals surface area contributed by atoms with Crippen molar-refractivity contribution in [3.63, 3.8) is 0 Å². The molecular weight excluding hydrogens is 268 g/mol. The van der Waals surface area contributed by atoms with Crippen molar-refractivity contribution in [2.45, 2.75) is 12.5 Å². The average molecular weight is 284 g/mol. The molecule has 0 aromatic heterocycles. The zero-order chi connectivity index (χ0) is 15.2. The monoisotopic (exact) mass is 284 g/mol. The molecule has 5 nitrogen and oxygen atoms in total. The molecule has 0 unspecified atom stereocenters. The molecular formula is C16H16N2O3.